The van der Waals surface area contributed by atoms with Crippen molar-refractivity contribution in [3.05, 3.63) is 51.5 Å². The van der Waals surface area contributed by atoms with Crippen molar-refractivity contribution in [3.8, 4) is 0 Å². The van der Waals surface area contributed by atoms with Gasteiger partial charge in [0.1, 0.15) is 6.20 Å². The molecule has 2 N–H and O–H groups in total. The number of hydrogen-bond donors (Lipinski definition) is 1. The average molecular weight is 372 g/mol. The Labute approximate surface area is 152 Å². The van der Waals surface area contributed by atoms with E-state index in [1.54, 1.807) is 23.7 Å². The van der Waals surface area contributed by atoms with Gasteiger partial charge >= 0.3 is 5.82 Å². The van der Waals surface area contributed by atoms with Gasteiger partial charge in [-0.2, -0.15) is 9.38 Å². The number of fused-ring (bicyclic) bond motifs is 1. The number of aromatic nitrogens is 2. The molecule has 4 rings (SSSR count). The fraction of sp³-hybridized carbons (Fsp3) is 0.250. The van der Waals surface area contributed by atoms with Crippen LogP contribution in [0.2, 0.25) is 0 Å². The monoisotopic (exact) mass is 372 g/mol. The number of rotatable bonds is 4. The zero-order valence-electron chi connectivity index (χ0n) is 13.7. The van der Waals surface area contributed by atoms with E-state index in [2.05, 4.69) is 9.88 Å². The van der Waals surface area contributed by atoms with Crippen LogP contribution in [0.25, 0.3) is 4.96 Å². The smallest absolute Gasteiger partial charge is 0.368 e. The van der Waals surface area contributed by atoms with E-state index in [0.29, 0.717) is 42.5 Å². The Morgan fingerprint density at radius 2 is 1.81 bits per heavy atom. The van der Waals surface area contributed by atoms with Gasteiger partial charge in [0.25, 0.3) is 4.96 Å². The van der Waals surface area contributed by atoms with Crippen LogP contribution in [0.15, 0.2) is 35.8 Å². The van der Waals surface area contributed by atoms with Crippen molar-refractivity contribution in [2.24, 2.45) is 5.73 Å². The van der Waals surface area contributed by atoms with Gasteiger partial charge in [-0.05, 0) is 29.2 Å². The molecule has 1 saturated heterocycles. The first-order valence-corrected chi connectivity index (χ1v) is 8.92. The molecule has 0 unspecified atom stereocenters. The maximum Gasteiger partial charge on any atom is 0.373 e. The molecule has 0 aliphatic carbocycles. The third-order valence-corrected chi connectivity index (χ3v) is 5.24. The lowest BCUT2D eigenvalue weighted by Crippen LogP contribution is -2.46. The molecule has 0 saturated carbocycles. The fourth-order valence-electron chi connectivity index (χ4n) is 3.16. The van der Waals surface area contributed by atoms with Gasteiger partial charge in [-0.3, -0.25) is 4.79 Å². The van der Waals surface area contributed by atoms with Gasteiger partial charge in [0.05, 0.1) is 0 Å². The van der Waals surface area contributed by atoms with E-state index >= 15 is 0 Å². The van der Waals surface area contributed by atoms with E-state index in [4.69, 9.17) is 5.73 Å². The molecule has 2 aromatic heterocycles. The largest absolute Gasteiger partial charge is 0.373 e. The Balaban J connectivity index is 1.52. The summed E-state index contributed by atoms with van der Waals surface area (Å²) in [5.41, 5.74) is 6.73. The minimum atomic E-state index is -0.451. The molecule has 1 aliphatic heterocycles. The van der Waals surface area contributed by atoms with Gasteiger partial charge < -0.3 is 25.6 Å². The summed E-state index contributed by atoms with van der Waals surface area (Å²) in [5.74, 6) is -0.0143. The molecule has 1 fully saturated rings. The van der Waals surface area contributed by atoms with Crippen molar-refractivity contribution < 1.29 is 9.72 Å². The maximum atomic E-state index is 11.5. The second-order valence-corrected chi connectivity index (χ2v) is 6.83. The van der Waals surface area contributed by atoms with Gasteiger partial charge in [0.15, 0.2) is 0 Å². The Bertz CT molecular complexity index is 972. The number of anilines is 2. The van der Waals surface area contributed by atoms with Gasteiger partial charge in [0.2, 0.25) is 11.7 Å². The number of nitro groups is 1. The Morgan fingerprint density at radius 3 is 2.42 bits per heavy atom. The number of hydrogen-bond acceptors (Lipinski definition) is 7. The summed E-state index contributed by atoms with van der Waals surface area (Å²) >= 11 is 1.38. The molecule has 9 nitrogen and oxygen atoms in total. The molecule has 10 heteroatoms. The standard InChI is InChI=1S/C16H16N6O3S/c17-13(23)11-1-3-12(4-2-11)19-5-7-20(8-6-19)14-15(22(24)25)21-9-10-26-16(21)18-14/h1-4,9-10H,5-8H2,(H2,17,23). The predicted molar refractivity (Wildman–Crippen MR) is 99.1 cm³/mol. The van der Waals surface area contributed by atoms with Crippen LogP contribution in [-0.2, 0) is 0 Å². The zero-order valence-corrected chi connectivity index (χ0v) is 14.6. The lowest BCUT2D eigenvalue weighted by molar-refractivity contribution is -0.389. The number of primary amides is 1. The Morgan fingerprint density at radius 1 is 1.15 bits per heavy atom. The summed E-state index contributed by atoms with van der Waals surface area (Å²) in [5, 5.41) is 13.3. The van der Waals surface area contributed by atoms with E-state index in [9.17, 15) is 14.9 Å². The van der Waals surface area contributed by atoms with Crippen LogP contribution in [0.5, 0.6) is 0 Å². The van der Waals surface area contributed by atoms with Crippen LogP contribution in [-0.4, -0.2) is 46.4 Å². The van der Waals surface area contributed by atoms with Crippen LogP contribution in [0.4, 0.5) is 17.3 Å². The van der Waals surface area contributed by atoms with Crippen molar-refractivity contribution in [2.75, 3.05) is 36.0 Å². The molecular weight excluding hydrogens is 356 g/mol. The first-order chi connectivity index (χ1) is 12.5. The molecule has 0 atom stereocenters. The van der Waals surface area contributed by atoms with E-state index < -0.39 is 5.91 Å². The number of piperazine rings is 1. The molecule has 1 amide bonds. The number of thiazole rings is 1. The summed E-state index contributed by atoms with van der Waals surface area (Å²) in [6.07, 6.45) is 1.67. The highest BCUT2D eigenvalue weighted by Gasteiger charge is 2.30. The molecule has 1 aliphatic rings. The van der Waals surface area contributed by atoms with Crippen LogP contribution in [0, 0.1) is 10.1 Å². The number of benzene rings is 1. The van der Waals surface area contributed by atoms with Crippen molar-refractivity contribution in [2.45, 2.75) is 0 Å². The first-order valence-electron chi connectivity index (χ1n) is 8.04. The number of amides is 1. The normalized spacial score (nSPS) is 14.8. The van der Waals surface area contributed by atoms with Crippen molar-refractivity contribution >= 4 is 39.5 Å². The third kappa shape index (κ3) is 2.73. The summed E-state index contributed by atoms with van der Waals surface area (Å²) in [7, 11) is 0. The van der Waals surface area contributed by atoms with Crippen LogP contribution in [0.3, 0.4) is 0 Å². The average Bonchev–Trinajstić information content (AvgIpc) is 3.22. The van der Waals surface area contributed by atoms with E-state index in [-0.39, 0.29) is 10.7 Å². The number of carbonyl (C=O) groups is 1. The maximum absolute atomic E-state index is 11.5. The topological polar surface area (TPSA) is 110 Å². The lowest BCUT2D eigenvalue weighted by atomic mass is 10.1. The molecule has 0 bridgehead atoms. The number of imidazole rings is 1. The second kappa shape index (κ2) is 6.30. The summed E-state index contributed by atoms with van der Waals surface area (Å²) in [6.45, 7) is 2.67. The highest BCUT2D eigenvalue weighted by Crippen LogP contribution is 2.32. The SMILES string of the molecule is NC(=O)c1ccc(N2CCN(c3nc4sccn4c3[N+](=O)[O-])CC2)cc1. The minimum absolute atomic E-state index is 0.0144. The van der Waals surface area contributed by atoms with E-state index in [1.165, 1.54) is 15.7 Å². The van der Waals surface area contributed by atoms with Gasteiger partial charge in [-0.25, -0.2) is 0 Å². The highest BCUT2D eigenvalue weighted by molar-refractivity contribution is 7.15. The zero-order chi connectivity index (χ0) is 18.3. The number of nitrogens with zero attached hydrogens (tertiary/aromatic N) is 5. The van der Waals surface area contributed by atoms with E-state index in [0.717, 1.165) is 5.69 Å². The van der Waals surface area contributed by atoms with Crippen molar-refractivity contribution in [1.82, 2.24) is 9.38 Å². The first kappa shape index (κ1) is 16.3. The third-order valence-electron chi connectivity index (χ3n) is 4.49. The quantitative estimate of drug-likeness (QED) is 0.552. The van der Waals surface area contributed by atoms with Crippen LogP contribution in [0.1, 0.15) is 10.4 Å². The van der Waals surface area contributed by atoms with E-state index in [1.807, 2.05) is 17.0 Å². The molecule has 26 heavy (non-hydrogen) atoms. The molecule has 0 spiro atoms. The van der Waals surface area contributed by atoms with Gasteiger partial charge in [-0.15, -0.1) is 0 Å². The minimum Gasteiger partial charge on any atom is -0.368 e. The molecule has 0 radical (unpaired) electrons. The van der Waals surface area contributed by atoms with Crippen molar-refractivity contribution in [1.29, 1.82) is 0 Å². The van der Waals surface area contributed by atoms with Gasteiger partial charge in [-0.1, -0.05) is 11.3 Å². The molecular formula is C16H16N6O3S. The van der Waals surface area contributed by atoms with Gasteiger partial charge in [0, 0.05) is 42.8 Å². The summed E-state index contributed by atoms with van der Waals surface area (Å²) in [6, 6.07) is 7.15. The molecule has 3 aromatic rings. The molecule has 1 aromatic carbocycles. The van der Waals surface area contributed by atoms with Crippen LogP contribution >= 0.6 is 11.3 Å². The molecule has 134 valence electrons. The van der Waals surface area contributed by atoms with Crippen LogP contribution < -0.4 is 15.5 Å². The number of nitrogens with two attached hydrogens (primary N) is 1. The molecule has 3 heterocycles. The Hall–Kier alpha value is -3.14. The Kier molecular flexibility index (Phi) is 3.96. The second-order valence-electron chi connectivity index (χ2n) is 5.96. The summed E-state index contributed by atoms with van der Waals surface area (Å²) in [4.78, 5) is 31.5. The summed E-state index contributed by atoms with van der Waals surface area (Å²) < 4.78 is 1.52. The van der Waals surface area contributed by atoms with Crippen molar-refractivity contribution in [3.63, 3.8) is 0 Å². The highest BCUT2D eigenvalue weighted by atomic mass is 32.1. The fourth-order valence-corrected chi connectivity index (χ4v) is 3.86. The predicted octanol–water partition coefficient (Wildman–Crippen LogP) is 1.73. The lowest BCUT2D eigenvalue weighted by Gasteiger charge is -2.35. The number of carbonyl (C=O) groups excluding carboxylic acids is 1.